The van der Waals surface area contributed by atoms with Gasteiger partial charge in [-0.15, -0.1) is 0 Å². The summed E-state index contributed by atoms with van der Waals surface area (Å²) >= 11 is 3.04. The molecule has 0 aliphatic rings. The second-order valence-corrected chi connectivity index (χ2v) is 6.58. The molecule has 0 spiro atoms. The SMILES string of the molecule is Cc1c(Br)c([N+](=O)[O-])nn1CC(=O)NC(CO)C(O)c1ccc([N+](=O)[O-])cc1. The van der Waals surface area contributed by atoms with Gasteiger partial charge in [0.1, 0.15) is 17.1 Å². The van der Waals surface area contributed by atoms with Crippen molar-refractivity contribution in [2.24, 2.45) is 0 Å². The van der Waals surface area contributed by atoms with Gasteiger partial charge in [0.05, 0.1) is 28.4 Å². The molecule has 3 N–H and O–H groups in total. The van der Waals surface area contributed by atoms with Crippen molar-refractivity contribution in [3.8, 4) is 0 Å². The van der Waals surface area contributed by atoms with Gasteiger partial charge in [0, 0.05) is 12.1 Å². The molecular weight excluding hydrogens is 442 g/mol. The molecule has 0 fully saturated rings. The molecule has 2 atom stereocenters. The summed E-state index contributed by atoms with van der Waals surface area (Å²) in [6.45, 7) is 0.556. The van der Waals surface area contributed by atoms with E-state index in [0.29, 0.717) is 5.69 Å². The maximum absolute atomic E-state index is 12.2. The average molecular weight is 458 g/mol. The summed E-state index contributed by atoms with van der Waals surface area (Å²) in [6, 6.07) is 3.92. The van der Waals surface area contributed by atoms with Crippen LogP contribution in [-0.4, -0.2) is 48.4 Å². The lowest BCUT2D eigenvalue weighted by atomic mass is 10.0. The molecule has 150 valence electrons. The standard InChI is InChI=1S/C15H16BrN5O7/c1-8-13(16)15(21(27)28)18-19(8)6-12(23)17-11(7-22)14(24)9-2-4-10(5-3-9)20(25)26/h2-5,11,14,22,24H,6-7H2,1H3,(H,17,23). The van der Waals surface area contributed by atoms with Crippen LogP contribution < -0.4 is 5.32 Å². The number of aromatic nitrogens is 2. The van der Waals surface area contributed by atoms with Gasteiger partial charge >= 0.3 is 5.82 Å². The first kappa shape index (κ1) is 21.4. The topological polar surface area (TPSA) is 174 Å². The zero-order valence-electron chi connectivity index (χ0n) is 14.5. The van der Waals surface area contributed by atoms with Crippen LogP contribution in [0.15, 0.2) is 28.7 Å². The number of benzene rings is 1. The van der Waals surface area contributed by atoms with Crippen molar-refractivity contribution in [1.82, 2.24) is 15.1 Å². The summed E-state index contributed by atoms with van der Waals surface area (Å²) in [5.41, 5.74) is 0.457. The predicted molar refractivity (Wildman–Crippen MR) is 98.4 cm³/mol. The molecule has 0 saturated heterocycles. The van der Waals surface area contributed by atoms with E-state index in [9.17, 15) is 35.2 Å². The zero-order chi connectivity index (χ0) is 21.0. The fourth-order valence-corrected chi connectivity index (χ4v) is 2.85. The lowest BCUT2D eigenvalue weighted by Gasteiger charge is -2.22. The third kappa shape index (κ3) is 4.68. The number of halogens is 1. The Balaban J connectivity index is 2.09. The molecule has 2 unspecified atom stereocenters. The van der Waals surface area contributed by atoms with Crippen LogP contribution in [0.2, 0.25) is 0 Å². The fourth-order valence-electron chi connectivity index (χ4n) is 2.42. The number of rotatable bonds is 8. The molecule has 2 rings (SSSR count). The van der Waals surface area contributed by atoms with Crippen molar-refractivity contribution in [3.05, 3.63) is 60.2 Å². The van der Waals surface area contributed by atoms with E-state index in [-0.39, 0.29) is 22.3 Å². The molecule has 1 aromatic carbocycles. The van der Waals surface area contributed by atoms with Crippen molar-refractivity contribution in [1.29, 1.82) is 0 Å². The molecule has 0 bridgehead atoms. The van der Waals surface area contributed by atoms with Crippen LogP contribution in [0.4, 0.5) is 11.5 Å². The molecule has 1 aromatic heterocycles. The van der Waals surface area contributed by atoms with E-state index in [4.69, 9.17) is 0 Å². The number of nitro groups is 2. The van der Waals surface area contributed by atoms with E-state index < -0.39 is 40.3 Å². The number of amides is 1. The van der Waals surface area contributed by atoms with Crippen LogP contribution in [0.25, 0.3) is 0 Å². The molecule has 1 amide bonds. The molecule has 0 aliphatic heterocycles. The number of carbonyl (C=O) groups is 1. The van der Waals surface area contributed by atoms with Crippen LogP contribution in [0, 0.1) is 27.2 Å². The van der Waals surface area contributed by atoms with Crippen LogP contribution in [0.3, 0.4) is 0 Å². The number of non-ortho nitro benzene ring substituents is 1. The normalized spacial score (nSPS) is 13.0. The first-order chi connectivity index (χ1) is 13.1. The van der Waals surface area contributed by atoms with Gasteiger partial charge in [-0.1, -0.05) is 0 Å². The Bertz CT molecular complexity index is 899. The highest BCUT2D eigenvalue weighted by Crippen LogP contribution is 2.27. The van der Waals surface area contributed by atoms with Crippen LogP contribution in [0.1, 0.15) is 17.4 Å². The Morgan fingerprint density at radius 2 is 1.89 bits per heavy atom. The maximum Gasteiger partial charge on any atom is 0.404 e. The number of hydrogen-bond acceptors (Lipinski definition) is 8. The van der Waals surface area contributed by atoms with E-state index in [1.807, 2.05) is 0 Å². The largest absolute Gasteiger partial charge is 0.404 e. The van der Waals surface area contributed by atoms with Crippen molar-refractivity contribution >= 4 is 33.3 Å². The quantitative estimate of drug-likeness (QED) is 0.388. The number of nitro benzene ring substituents is 1. The van der Waals surface area contributed by atoms with Crippen molar-refractivity contribution < 1.29 is 24.9 Å². The summed E-state index contributed by atoms with van der Waals surface area (Å²) in [4.78, 5) is 32.5. The molecule has 0 radical (unpaired) electrons. The Morgan fingerprint density at radius 1 is 1.29 bits per heavy atom. The van der Waals surface area contributed by atoms with Gasteiger partial charge in [0.2, 0.25) is 5.91 Å². The summed E-state index contributed by atoms with van der Waals surface area (Å²) in [6.07, 6.45) is -1.32. The fraction of sp³-hybridized carbons (Fsp3) is 0.333. The molecule has 0 saturated carbocycles. The molecule has 12 nitrogen and oxygen atoms in total. The third-order valence-electron chi connectivity index (χ3n) is 3.95. The van der Waals surface area contributed by atoms with Crippen LogP contribution >= 0.6 is 15.9 Å². The molecule has 2 aromatic rings. The van der Waals surface area contributed by atoms with E-state index in [0.717, 1.165) is 4.68 Å². The highest BCUT2D eigenvalue weighted by Gasteiger charge is 2.27. The number of nitrogens with one attached hydrogen (secondary N) is 1. The zero-order valence-corrected chi connectivity index (χ0v) is 16.1. The van der Waals surface area contributed by atoms with E-state index in [1.54, 1.807) is 0 Å². The summed E-state index contributed by atoms with van der Waals surface area (Å²) in [5, 5.41) is 47.6. The van der Waals surface area contributed by atoms with Gasteiger partial charge in [-0.2, -0.15) is 4.68 Å². The van der Waals surface area contributed by atoms with Gasteiger partial charge in [-0.05, 0) is 45.5 Å². The number of aliphatic hydroxyl groups is 2. The predicted octanol–water partition coefficient (Wildman–Crippen LogP) is 0.981. The van der Waals surface area contributed by atoms with Crippen molar-refractivity contribution in [2.75, 3.05) is 6.61 Å². The maximum atomic E-state index is 12.2. The van der Waals surface area contributed by atoms with Crippen molar-refractivity contribution in [2.45, 2.75) is 25.6 Å². The smallest absolute Gasteiger partial charge is 0.394 e. The highest BCUT2D eigenvalue weighted by molar-refractivity contribution is 9.10. The Kier molecular flexibility index (Phi) is 6.77. The number of carbonyl (C=O) groups excluding carboxylic acids is 1. The minimum absolute atomic E-state index is 0.148. The van der Waals surface area contributed by atoms with E-state index >= 15 is 0 Å². The minimum Gasteiger partial charge on any atom is -0.394 e. The monoisotopic (exact) mass is 457 g/mol. The summed E-state index contributed by atoms with van der Waals surface area (Å²) < 4.78 is 1.26. The Hall–Kier alpha value is -2.90. The first-order valence-electron chi connectivity index (χ1n) is 7.85. The second kappa shape index (κ2) is 8.86. The van der Waals surface area contributed by atoms with Gasteiger partial charge in [-0.3, -0.25) is 14.9 Å². The lowest BCUT2D eigenvalue weighted by Crippen LogP contribution is -2.43. The van der Waals surface area contributed by atoms with Gasteiger partial charge in [0.25, 0.3) is 5.69 Å². The van der Waals surface area contributed by atoms with Crippen LogP contribution in [-0.2, 0) is 11.3 Å². The Morgan fingerprint density at radius 3 is 2.36 bits per heavy atom. The van der Waals surface area contributed by atoms with E-state index in [2.05, 4.69) is 26.3 Å². The molecule has 13 heteroatoms. The third-order valence-corrected chi connectivity index (χ3v) is 4.88. The first-order valence-corrected chi connectivity index (χ1v) is 8.65. The summed E-state index contributed by atoms with van der Waals surface area (Å²) in [5.74, 6) is -1.08. The highest BCUT2D eigenvalue weighted by atomic mass is 79.9. The van der Waals surface area contributed by atoms with E-state index in [1.165, 1.54) is 31.2 Å². The Labute approximate surface area is 166 Å². The van der Waals surface area contributed by atoms with Gasteiger partial charge in [0.15, 0.2) is 0 Å². The number of aliphatic hydroxyl groups excluding tert-OH is 2. The summed E-state index contributed by atoms with van der Waals surface area (Å²) in [7, 11) is 0. The van der Waals surface area contributed by atoms with Gasteiger partial charge in [-0.25, -0.2) is 0 Å². The van der Waals surface area contributed by atoms with Crippen LogP contribution in [0.5, 0.6) is 0 Å². The second-order valence-electron chi connectivity index (χ2n) is 5.79. The number of nitrogens with zero attached hydrogens (tertiary/aromatic N) is 4. The molecule has 28 heavy (non-hydrogen) atoms. The lowest BCUT2D eigenvalue weighted by molar-refractivity contribution is -0.390. The number of hydrogen-bond donors (Lipinski definition) is 3. The molecule has 0 aliphatic carbocycles. The molecule has 1 heterocycles. The average Bonchev–Trinajstić information content (AvgIpc) is 2.94. The minimum atomic E-state index is -1.32. The van der Waals surface area contributed by atoms with Crippen molar-refractivity contribution in [3.63, 3.8) is 0 Å². The molecular formula is C15H16BrN5O7. The van der Waals surface area contributed by atoms with Gasteiger partial charge < -0.3 is 25.6 Å².